The molecule has 1 aliphatic heterocycles. The van der Waals surface area contributed by atoms with Crippen molar-refractivity contribution in [2.45, 2.75) is 37.8 Å². The van der Waals surface area contributed by atoms with E-state index in [1.807, 2.05) is 6.07 Å². The van der Waals surface area contributed by atoms with E-state index in [1.54, 1.807) is 6.07 Å². The molecule has 0 spiro atoms. The fraction of sp³-hybridized carbons (Fsp3) is 0.647. The van der Waals surface area contributed by atoms with Gasteiger partial charge in [-0.05, 0) is 36.5 Å². The van der Waals surface area contributed by atoms with Crippen LogP contribution in [0.15, 0.2) is 24.3 Å². The SMILES string of the molecule is FC(F)C(F)(F)Oc1cccc([C@H](C2CCC2)N2CCNCC2)c1. The highest BCUT2D eigenvalue weighted by Gasteiger charge is 2.44. The van der Waals surface area contributed by atoms with E-state index >= 15 is 0 Å². The van der Waals surface area contributed by atoms with Crippen molar-refractivity contribution in [1.29, 1.82) is 0 Å². The molecule has 1 N–H and O–H groups in total. The minimum atomic E-state index is -4.47. The number of nitrogens with zero attached hydrogens (tertiary/aromatic N) is 1. The predicted octanol–water partition coefficient (Wildman–Crippen LogP) is 3.67. The number of ether oxygens (including phenoxy) is 1. The normalized spacial score (nSPS) is 21.5. The molecular weight excluding hydrogens is 324 g/mol. The van der Waals surface area contributed by atoms with E-state index in [0.717, 1.165) is 44.6 Å². The average Bonchev–Trinajstić information content (AvgIpc) is 2.51. The second-order valence-corrected chi connectivity index (χ2v) is 6.46. The summed E-state index contributed by atoms with van der Waals surface area (Å²) in [4.78, 5) is 2.35. The van der Waals surface area contributed by atoms with Gasteiger partial charge in [-0.25, -0.2) is 0 Å². The van der Waals surface area contributed by atoms with E-state index in [9.17, 15) is 17.6 Å². The molecule has 1 saturated heterocycles. The van der Waals surface area contributed by atoms with E-state index in [2.05, 4.69) is 15.0 Å². The number of nitrogens with one attached hydrogen (secondary N) is 1. The van der Waals surface area contributed by atoms with Crippen LogP contribution in [0.1, 0.15) is 30.9 Å². The standard InChI is InChI=1S/C17H22F4N2O/c18-16(19)17(20,21)24-14-6-2-5-13(11-14)15(12-3-1-4-12)23-9-7-22-8-10-23/h2,5-6,11-12,15-16,22H,1,3-4,7-10H2/t15-/m0/s1. The van der Waals surface area contributed by atoms with E-state index in [1.165, 1.54) is 18.6 Å². The molecule has 24 heavy (non-hydrogen) atoms. The summed E-state index contributed by atoms with van der Waals surface area (Å²) in [6.07, 6.45) is -4.94. The van der Waals surface area contributed by atoms with Gasteiger partial charge in [-0.15, -0.1) is 0 Å². The van der Waals surface area contributed by atoms with Gasteiger partial charge in [0, 0.05) is 32.2 Å². The van der Waals surface area contributed by atoms with Gasteiger partial charge in [0.05, 0.1) is 0 Å². The van der Waals surface area contributed by atoms with Gasteiger partial charge in [-0.3, -0.25) is 4.90 Å². The third kappa shape index (κ3) is 3.83. The van der Waals surface area contributed by atoms with E-state index in [0.29, 0.717) is 5.92 Å². The molecular formula is C17H22F4N2O. The van der Waals surface area contributed by atoms with Crippen LogP contribution >= 0.6 is 0 Å². The fourth-order valence-corrected chi connectivity index (χ4v) is 3.46. The molecule has 0 bridgehead atoms. The van der Waals surface area contributed by atoms with Crippen LogP contribution in [0.5, 0.6) is 5.75 Å². The van der Waals surface area contributed by atoms with E-state index < -0.39 is 12.5 Å². The Morgan fingerprint density at radius 3 is 2.46 bits per heavy atom. The summed E-state index contributed by atoms with van der Waals surface area (Å²) in [5, 5.41) is 3.30. The molecule has 2 fully saturated rings. The number of rotatable bonds is 6. The monoisotopic (exact) mass is 346 g/mol. The van der Waals surface area contributed by atoms with Crippen LogP contribution in [0, 0.1) is 5.92 Å². The predicted molar refractivity (Wildman–Crippen MR) is 82.5 cm³/mol. The van der Waals surface area contributed by atoms with Crippen LogP contribution in [0.3, 0.4) is 0 Å². The number of halogens is 4. The minimum absolute atomic E-state index is 0.129. The zero-order valence-electron chi connectivity index (χ0n) is 13.4. The molecule has 1 aromatic carbocycles. The van der Waals surface area contributed by atoms with Crippen molar-refractivity contribution in [3.8, 4) is 5.75 Å². The Bertz CT molecular complexity index is 545. The number of hydrogen-bond acceptors (Lipinski definition) is 3. The molecule has 3 rings (SSSR count). The Morgan fingerprint density at radius 2 is 1.88 bits per heavy atom. The highest BCUT2D eigenvalue weighted by atomic mass is 19.3. The summed E-state index contributed by atoms with van der Waals surface area (Å²) in [5.41, 5.74) is 0.865. The number of hydrogen-bond donors (Lipinski definition) is 1. The van der Waals surface area contributed by atoms with Crippen molar-refractivity contribution < 1.29 is 22.3 Å². The summed E-state index contributed by atoms with van der Waals surface area (Å²) in [6, 6.07) is 6.39. The molecule has 0 radical (unpaired) electrons. The van der Waals surface area contributed by atoms with Crippen molar-refractivity contribution in [1.82, 2.24) is 10.2 Å². The Kier molecular flexibility index (Phi) is 5.30. The zero-order valence-corrected chi connectivity index (χ0v) is 13.4. The van der Waals surface area contributed by atoms with E-state index in [4.69, 9.17) is 0 Å². The van der Waals surface area contributed by atoms with Crippen molar-refractivity contribution in [3.63, 3.8) is 0 Å². The molecule has 3 nitrogen and oxygen atoms in total. The van der Waals surface area contributed by atoms with Gasteiger partial charge in [0.15, 0.2) is 0 Å². The molecule has 2 aliphatic rings. The molecule has 1 saturated carbocycles. The Morgan fingerprint density at radius 1 is 1.17 bits per heavy atom. The highest BCUT2D eigenvalue weighted by Crippen LogP contribution is 2.42. The summed E-state index contributed by atoms with van der Waals surface area (Å²) >= 11 is 0. The largest absolute Gasteiger partial charge is 0.461 e. The summed E-state index contributed by atoms with van der Waals surface area (Å²) in [5.74, 6) is 0.270. The zero-order chi connectivity index (χ0) is 17.2. The van der Waals surface area contributed by atoms with Gasteiger partial charge in [-0.2, -0.15) is 17.6 Å². The first-order valence-corrected chi connectivity index (χ1v) is 8.37. The van der Waals surface area contributed by atoms with Crippen LogP contribution in [0.2, 0.25) is 0 Å². The Labute approximate surface area is 139 Å². The smallest absolute Gasteiger partial charge is 0.428 e. The second kappa shape index (κ2) is 7.27. The Balaban J connectivity index is 1.81. The second-order valence-electron chi connectivity index (χ2n) is 6.46. The maximum absolute atomic E-state index is 13.2. The van der Waals surface area contributed by atoms with Crippen LogP contribution < -0.4 is 10.1 Å². The first kappa shape index (κ1) is 17.5. The summed E-state index contributed by atoms with van der Waals surface area (Å²) < 4.78 is 55.3. The molecule has 0 unspecified atom stereocenters. The van der Waals surface area contributed by atoms with Gasteiger partial charge < -0.3 is 10.1 Å². The maximum Gasteiger partial charge on any atom is 0.461 e. The van der Waals surface area contributed by atoms with E-state index in [-0.39, 0.29) is 11.8 Å². The van der Waals surface area contributed by atoms with Gasteiger partial charge in [0.1, 0.15) is 5.75 Å². The van der Waals surface area contributed by atoms with Crippen molar-refractivity contribution in [2.75, 3.05) is 26.2 Å². The summed E-state index contributed by atoms with van der Waals surface area (Å²) in [6.45, 7) is 3.56. The van der Waals surface area contributed by atoms with Crippen molar-refractivity contribution in [3.05, 3.63) is 29.8 Å². The lowest BCUT2D eigenvalue weighted by atomic mass is 9.76. The van der Waals surface area contributed by atoms with Crippen LogP contribution in [-0.2, 0) is 0 Å². The van der Waals surface area contributed by atoms with Crippen LogP contribution in [-0.4, -0.2) is 43.6 Å². The third-order valence-corrected chi connectivity index (χ3v) is 4.85. The number of alkyl halides is 4. The lowest BCUT2D eigenvalue weighted by Gasteiger charge is -2.43. The summed E-state index contributed by atoms with van der Waals surface area (Å²) in [7, 11) is 0. The van der Waals surface area contributed by atoms with Gasteiger partial charge >= 0.3 is 12.5 Å². The van der Waals surface area contributed by atoms with Gasteiger partial charge in [0.2, 0.25) is 0 Å². The van der Waals surface area contributed by atoms with Crippen molar-refractivity contribution in [2.24, 2.45) is 5.92 Å². The first-order valence-electron chi connectivity index (χ1n) is 8.37. The fourth-order valence-electron chi connectivity index (χ4n) is 3.46. The molecule has 0 amide bonds. The number of piperazine rings is 1. The lowest BCUT2D eigenvalue weighted by molar-refractivity contribution is -0.253. The van der Waals surface area contributed by atoms with Gasteiger partial charge in [-0.1, -0.05) is 18.6 Å². The van der Waals surface area contributed by atoms with Gasteiger partial charge in [0.25, 0.3) is 0 Å². The number of benzene rings is 1. The van der Waals surface area contributed by atoms with Crippen LogP contribution in [0.4, 0.5) is 17.6 Å². The molecule has 7 heteroatoms. The third-order valence-electron chi connectivity index (χ3n) is 4.85. The van der Waals surface area contributed by atoms with Crippen LogP contribution in [0.25, 0.3) is 0 Å². The maximum atomic E-state index is 13.2. The average molecular weight is 346 g/mol. The quantitative estimate of drug-likeness (QED) is 0.796. The molecule has 1 heterocycles. The molecule has 1 atom stereocenters. The molecule has 0 aromatic heterocycles. The highest BCUT2D eigenvalue weighted by molar-refractivity contribution is 5.32. The molecule has 134 valence electrons. The first-order chi connectivity index (χ1) is 11.5. The lowest BCUT2D eigenvalue weighted by Crippen LogP contribution is -2.47. The minimum Gasteiger partial charge on any atom is -0.428 e. The Hall–Kier alpha value is -1.34. The topological polar surface area (TPSA) is 24.5 Å². The van der Waals surface area contributed by atoms with Crippen molar-refractivity contribution >= 4 is 0 Å². The molecule has 1 aliphatic carbocycles. The molecule has 1 aromatic rings.